The molecule has 0 aromatic carbocycles. The van der Waals surface area contributed by atoms with Gasteiger partial charge in [-0.05, 0) is 20.3 Å². The van der Waals surface area contributed by atoms with Crippen LogP contribution in [0.5, 0.6) is 0 Å². The van der Waals surface area contributed by atoms with E-state index in [1.54, 1.807) is 4.90 Å². The molecule has 0 aliphatic carbocycles. The molecule has 5 heteroatoms. The molecule has 0 unspecified atom stereocenters. The largest absolute Gasteiger partial charge is 0.481 e. The normalized spacial score (nSPS) is 10.4. The molecule has 0 spiro atoms. The number of amides is 1. The Morgan fingerprint density at radius 1 is 0.633 bits per heavy atom. The average molecular weight is 429 g/mol. The van der Waals surface area contributed by atoms with Crippen LogP contribution >= 0.6 is 0 Å². The summed E-state index contributed by atoms with van der Waals surface area (Å²) in [5, 5.41) is 8.52. The monoisotopic (exact) mass is 428 g/mol. The summed E-state index contributed by atoms with van der Waals surface area (Å²) in [6.45, 7) is 8.24. The number of carboxylic acids is 1. The van der Waals surface area contributed by atoms with Crippen molar-refractivity contribution in [3.8, 4) is 0 Å². The molecule has 3 N–H and O–H groups in total. The first-order chi connectivity index (χ1) is 14.5. The van der Waals surface area contributed by atoms with Crippen molar-refractivity contribution in [2.45, 2.75) is 130 Å². The molecule has 0 bridgehead atoms. The highest BCUT2D eigenvalue weighted by molar-refractivity contribution is 5.76. The van der Waals surface area contributed by atoms with Crippen LogP contribution in [0.2, 0.25) is 0 Å². The molecule has 1 amide bonds. The molecule has 0 fully saturated rings. The Labute approximate surface area is 187 Å². The molecule has 0 aromatic heterocycles. The lowest BCUT2D eigenvalue weighted by Crippen LogP contribution is -2.31. The van der Waals surface area contributed by atoms with Crippen LogP contribution < -0.4 is 5.73 Å². The summed E-state index contributed by atoms with van der Waals surface area (Å²) in [5.74, 6) is -0.493. The number of aliphatic carboxylic acids is 1. The summed E-state index contributed by atoms with van der Waals surface area (Å²) in [5.41, 5.74) is 5.23. The van der Waals surface area contributed by atoms with Gasteiger partial charge in [0.2, 0.25) is 5.91 Å². The number of nitrogens with two attached hydrogens (primary N) is 1. The van der Waals surface area contributed by atoms with Crippen LogP contribution in [0.4, 0.5) is 0 Å². The zero-order valence-electron chi connectivity index (χ0n) is 20.4. The third-order valence-corrected chi connectivity index (χ3v) is 5.47. The number of hydrogen-bond donors (Lipinski definition) is 2. The number of unbranched alkanes of at least 4 members (excludes halogenated alkanes) is 14. The molecule has 5 nitrogen and oxygen atoms in total. The smallest absolute Gasteiger partial charge is 0.303 e. The van der Waals surface area contributed by atoms with E-state index < -0.39 is 5.97 Å². The van der Waals surface area contributed by atoms with Gasteiger partial charge in [0.25, 0.3) is 0 Å². The fourth-order valence-electron chi connectivity index (χ4n) is 3.51. The molecule has 0 aliphatic heterocycles. The van der Waals surface area contributed by atoms with Gasteiger partial charge in [0.15, 0.2) is 0 Å². The van der Waals surface area contributed by atoms with Crippen molar-refractivity contribution in [2.75, 3.05) is 19.6 Å². The topological polar surface area (TPSA) is 83.6 Å². The van der Waals surface area contributed by atoms with Gasteiger partial charge in [-0.3, -0.25) is 9.59 Å². The summed E-state index contributed by atoms with van der Waals surface area (Å²) in [4.78, 5) is 23.2. The lowest BCUT2D eigenvalue weighted by molar-refractivity contribution is -0.137. The first kappa shape index (κ1) is 31.1. The van der Waals surface area contributed by atoms with E-state index in [2.05, 4.69) is 6.92 Å². The number of carbonyl (C=O) groups excluding carboxylic acids is 1. The van der Waals surface area contributed by atoms with E-state index in [1.165, 1.54) is 83.5 Å². The molecule has 0 saturated heterocycles. The van der Waals surface area contributed by atoms with Crippen LogP contribution in [0.25, 0.3) is 0 Å². The lowest BCUT2D eigenvalue weighted by Gasteiger charge is -2.17. The van der Waals surface area contributed by atoms with E-state index in [0.717, 1.165) is 25.9 Å². The van der Waals surface area contributed by atoms with Crippen molar-refractivity contribution in [3.05, 3.63) is 0 Å². The Hall–Kier alpha value is -1.10. The molecule has 30 heavy (non-hydrogen) atoms. The van der Waals surface area contributed by atoms with Gasteiger partial charge >= 0.3 is 5.97 Å². The standard InChI is InChI=1S/C18H36O2.C7H16N2O/c1-2-3-4-5-6-7-8-9-10-11-12-13-14-15-16-17-18(19)20;1-3-9(4-2)7(10)5-6-8/h2-17H2,1H3,(H,19,20);3-6,8H2,1-2H3. The predicted molar refractivity (Wildman–Crippen MR) is 129 cm³/mol. The van der Waals surface area contributed by atoms with Crippen molar-refractivity contribution < 1.29 is 14.7 Å². The lowest BCUT2D eigenvalue weighted by atomic mass is 10.0. The van der Waals surface area contributed by atoms with Gasteiger partial charge in [0.1, 0.15) is 0 Å². The summed E-state index contributed by atoms with van der Waals surface area (Å²) in [6, 6.07) is 0. The second kappa shape index (κ2) is 25.9. The van der Waals surface area contributed by atoms with E-state index in [4.69, 9.17) is 10.8 Å². The fraction of sp³-hybridized carbons (Fsp3) is 0.920. The third-order valence-electron chi connectivity index (χ3n) is 5.47. The van der Waals surface area contributed by atoms with Crippen LogP contribution in [0, 0.1) is 0 Å². The molecule has 0 heterocycles. The number of rotatable bonds is 20. The molecular formula is C25H52N2O3. The summed E-state index contributed by atoms with van der Waals surface area (Å²) in [7, 11) is 0. The number of hydrogen-bond acceptors (Lipinski definition) is 3. The predicted octanol–water partition coefficient (Wildman–Crippen LogP) is 6.54. The van der Waals surface area contributed by atoms with Gasteiger partial charge in [-0.25, -0.2) is 0 Å². The third kappa shape index (κ3) is 24.9. The number of carbonyl (C=O) groups is 2. The molecular weight excluding hydrogens is 376 g/mol. The molecule has 180 valence electrons. The van der Waals surface area contributed by atoms with Gasteiger partial charge in [0.05, 0.1) is 0 Å². The maximum Gasteiger partial charge on any atom is 0.303 e. The van der Waals surface area contributed by atoms with Crippen LogP contribution in [0.1, 0.15) is 130 Å². The van der Waals surface area contributed by atoms with Gasteiger partial charge in [-0.2, -0.15) is 0 Å². The summed E-state index contributed by atoms with van der Waals surface area (Å²) >= 11 is 0. The molecule has 0 atom stereocenters. The number of carboxylic acid groups (broad SMARTS) is 1. The SMILES string of the molecule is CCCCCCCCCCCCCCCCCC(=O)O.CCN(CC)C(=O)CCN. The zero-order chi connectivity index (χ0) is 22.9. The highest BCUT2D eigenvalue weighted by atomic mass is 16.4. The molecule has 0 aromatic rings. The maximum atomic E-state index is 11.1. The number of nitrogens with zero attached hydrogens (tertiary/aromatic N) is 1. The van der Waals surface area contributed by atoms with Crippen molar-refractivity contribution >= 4 is 11.9 Å². The quantitative estimate of drug-likeness (QED) is 0.216. The highest BCUT2D eigenvalue weighted by Crippen LogP contribution is 2.13. The average Bonchev–Trinajstić information content (AvgIpc) is 2.72. The maximum absolute atomic E-state index is 11.1. The van der Waals surface area contributed by atoms with Crippen molar-refractivity contribution in [3.63, 3.8) is 0 Å². The minimum atomic E-state index is -0.653. The Morgan fingerprint density at radius 3 is 1.30 bits per heavy atom. The molecule has 0 aliphatic rings. The molecule has 0 saturated carbocycles. The molecule has 0 radical (unpaired) electrons. The second-order valence-corrected chi connectivity index (χ2v) is 8.20. The molecule has 0 rings (SSSR count). The van der Waals surface area contributed by atoms with Crippen molar-refractivity contribution in [1.82, 2.24) is 4.90 Å². The Balaban J connectivity index is 0. The van der Waals surface area contributed by atoms with E-state index in [1.807, 2.05) is 13.8 Å². The van der Waals surface area contributed by atoms with Gasteiger partial charge in [-0.15, -0.1) is 0 Å². The first-order valence-electron chi connectivity index (χ1n) is 12.7. The zero-order valence-corrected chi connectivity index (χ0v) is 20.4. The van der Waals surface area contributed by atoms with E-state index in [9.17, 15) is 9.59 Å². The van der Waals surface area contributed by atoms with Crippen LogP contribution in [0.3, 0.4) is 0 Å². The minimum absolute atomic E-state index is 0.160. The van der Waals surface area contributed by atoms with Crippen LogP contribution in [0.15, 0.2) is 0 Å². The summed E-state index contributed by atoms with van der Waals surface area (Å²) < 4.78 is 0. The first-order valence-corrected chi connectivity index (χ1v) is 12.7. The van der Waals surface area contributed by atoms with Crippen molar-refractivity contribution in [2.24, 2.45) is 5.73 Å². The van der Waals surface area contributed by atoms with Crippen molar-refractivity contribution in [1.29, 1.82) is 0 Å². The fourth-order valence-corrected chi connectivity index (χ4v) is 3.51. The van der Waals surface area contributed by atoms with Gasteiger partial charge in [0, 0.05) is 32.5 Å². The van der Waals surface area contributed by atoms with Crippen LogP contribution in [-0.4, -0.2) is 41.5 Å². The Kier molecular flexibility index (Phi) is 26.9. The Morgan fingerprint density at radius 2 is 1.00 bits per heavy atom. The van der Waals surface area contributed by atoms with Gasteiger partial charge < -0.3 is 15.7 Å². The minimum Gasteiger partial charge on any atom is -0.481 e. The Bertz CT molecular complexity index is 371. The van der Waals surface area contributed by atoms with E-state index in [-0.39, 0.29) is 5.91 Å². The van der Waals surface area contributed by atoms with E-state index in [0.29, 0.717) is 19.4 Å². The summed E-state index contributed by atoms with van der Waals surface area (Å²) in [6.07, 6.45) is 20.7. The van der Waals surface area contributed by atoms with Crippen LogP contribution in [-0.2, 0) is 9.59 Å². The van der Waals surface area contributed by atoms with Gasteiger partial charge in [-0.1, -0.05) is 96.8 Å². The highest BCUT2D eigenvalue weighted by Gasteiger charge is 2.06. The second-order valence-electron chi connectivity index (χ2n) is 8.20. The van der Waals surface area contributed by atoms with E-state index >= 15 is 0 Å².